The van der Waals surface area contributed by atoms with Crippen LogP contribution in [0.4, 0.5) is 0 Å². The van der Waals surface area contributed by atoms with Gasteiger partial charge in [0.15, 0.2) is 0 Å². The number of benzene rings is 3. The van der Waals surface area contributed by atoms with E-state index in [-0.39, 0.29) is 12.4 Å². The summed E-state index contributed by atoms with van der Waals surface area (Å²) in [5, 5.41) is 33.7. The molecule has 188 valence electrons. The fourth-order valence-electron chi connectivity index (χ4n) is 3.56. The average Bonchev–Trinajstić information content (AvgIpc) is 2.86. The van der Waals surface area contributed by atoms with E-state index in [1.807, 2.05) is 12.1 Å². The number of halogens is 2. The number of aliphatic hydroxyl groups excluding tert-OH is 2. The van der Waals surface area contributed by atoms with Gasteiger partial charge in [0, 0.05) is 27.7 Å². The molecule has 1 unspecified atom stereocenters. The lowest BCUT2D eigenvalue weighted by Gasteiger charge is -2.14. The Balaban J connectivity index is 1.33. The van der Waals surface area contributed by atoms with Gasteiger partial charge >= 0.3 is 0 Å². The number of hydrogen-bond donors (Lipinski definition) is 4. The summed E-state index contributed by atoms with van der Waals surface area (Å²) < 4.78 is 11.4. The van der Waals surface area contributed by atoms with Crippen LogP contribution < -0.4 is 5.32 Å². The number of nitrogens with one attached hydrogen (secondary N) is 1. The van der Waals surface area contributed by atoms with Crippen LogP contribution in [-0.4, -0.2) is 41.6 Å². The molecule has 0 aliphatic carbocycles. The summed E-state index contributed by atoms with van der Waals surface area (Å²) >= 11 is 12.3. The first-order valence-corrected chi connectivity index (χ1v) is 12.2. The number of aliphatic hydroxyl groups is 2. The summed E-state index contributed by atoms with van der Waals surface area (Å²) in [7, 11) is 0. The van der Waals surface area contributed by atoms with Crippen LogP contribution in [-0.2, 0) is 35.7 Å². The van der Waals surface area contributed by atoms with Crippen molar-refractivity contribution < 1.29 is 24.8 Å². The molecule has 0 radical (unpaired) electrons. The molecule has 0 heterocycles. The van der Waals surface area contributed by atoms with Crippen LogP contribution >= 0.6 is 23.2 Å². The van der Waals surface area contributed by atoms with Crippen LogP contribution in [0.1, 0.15) is 33.9 Å². The summed E-state index contributed by atoms with van der Waals surface area (Å²) in [6.45, 7) is 2.53. The van der Waals surface area contributed by atoms with Gasteiger partial charge in [-0.2, -0.15) is 0 Å². The Morgan fingerprint density at radius 2 is 1.54 bits per heavy atom. The van der Waals surface area contributed by atoms with Crippen molar-refractivity contribution in [1.29, 1.82) is 0 Å². The molecule has 0 aromatic heterocycles. The third kappa shape index (κ3) is 8.78. The molecule has 3 aromatic rings. The highest BCUT2D eigenvalue weighted by Crippen LogP contribution is 2.25. The van der Waals surface area contributed by atoms with Crippen molar-refractivity contribution in [1.82, 2.24) is 5.32 Å². The molecule has 4 N–H and O–H groups in total. The lowest BCUT2D eigenvalue weighted by molar-refractivity contribution is 0.0339. The van der Waals surface area contributed by atoms with Gasteiger partial charge in [-0.15, -0.1) is 0 Å². The van der Waals surface area contributed by atoms with Crippen molar-refractivity contribution in [2.75, 3.05) is 26.3 Å². The Morgan fingerprint density at radius 1 is 0.857 bits per heavy atom. The van der Waals surface area contributed by atoms with Gasteiger partial charge in [0.1, 0.15) is 5.75 Å². The fraction of sp³-hybridized carbons (Fsp3) is 0.333. The minimum Gasteiger partial charge on any atom is -0.508 e. The second-order valence-electron chi connectivity index (χ2n) is 8.14. The first-order valence-electron chi connectivity index (χ1n) is 11.5. The number of phenols is 1. The number of rotatable bonds is 14. The van der Waals surface area contributed by atoms with Crippen molar-refractivity contribution in [3.8, 4) is 5.75 Å². The molecule has 1 atom stereocenters. The van der Waals surface area contributed by atoms with Crippen molar-refractivity contribution in [2.45, 2.75) is 32.3 Å². The van der Waals surface area contributed by atoms with E-state index in [1.165, 1.54) is 11.6 Å². The zero-order valence-corrected chi connectivity index (χ0v) is 20.9. The average molecular weight is 520 g/mol. The third-order valence-corrected chi connectivity index (χ3v) is 6.24. The molecule has 0 fully saturated rings. The summed E-state index contributed by atoms with van der Waals surface area (Å²) in [6, 6.07) is 18.3. The highest BCUT2D eigenvalue weighted by molar-refractivity contribution is 6.35. The van der Waals surface area contributed by atoms with Gasteiger partial charge in [-0.3, -0.25) is 0 Å². The summed E-state index contributed by atoms with van der Waals surface area (Å²) in [4.78, 5) is 0. The second kappa shape index (κ2) is 14.4. The van der Waals surface area contributed by atoms with E-state index >= 15 is 0 Å². The van der Waals surface area contributed by atoms with E-state index in [0.717, 1.165) is 17.5 Å². The molecule has 0 spiro atoms. The molecule has 0 aliphatic rings. The van der Waals surface area contributed by atoms with E-state index in [4.69, 9.17) is 32.7 Å². The Bertz CT molecular complexity index is 1060. The highest BCUT2D eigenvalue weighted by atomic mass is 35.5. The zero-order valence-electron chi connectivity index (χ0n) is 19.4. The molecule has 8 heteroatoms. The van der Waals surface area contributed by atoms with Crippen LogP contribution in [0.25, 0.3) is 0 Å². The van der Waals surface area contributed by atoms with Crippen molar-refractivity contribution in [2.24, 2.45) is 0 Å². The molecular formula is C27H31Cl2NO5. The Morgan fingerprint density at radius 3 is 2.29 bits per heavy atom. The van der Waals surface area contributed by atoms with Crippen molar-refractivity contribution in [3.05, 3.63) is 98.5 Å². The van der Waals surface area contributed by atoms with Crippen LogP contribution in [0.2, 0.25) is 10.0 Å². The van der Waals surface area contributed by atoms with Gasteiger partial charge in [0.05, 0.1) is 39.1 Å². The standard InChI is InChI=1S/C27H31Cl2NO5/c28-24-5-2-6-25(29)23(24)18-35-12-11-34-17-20-4-1-3-19(13-20)9-10-30-15-27(33)21-7-8-26(32)22(14-21)16-31/h1-8,13-14,27,30-33H,9-12,15-18H2. The summed E-state index contributed by atoms with van der Waals surface area (Å²) in [6.07, 6.45) is 0.0801. The first kappa shape index (κ1) is 27.4. The van der Waals surface area contributed by atoms with Gasteiger partial charge in [-0.05, 0) is 53.9 Å². The molecule has 6 nitrogen and oxygen atoms in total. The van der Waals surface area contributed by atoms with Gasteiger partial charge in [0.2, 0.25) is 0 Å². The minimum absolute atomic E-state index is 0.0230. The normalized spacial score (nSPS) is 12.1. The Kier molecular flexibility index (Phi) is 11.3. The number of hydrogen-bond acceptors (Lipinski definition) is 6. The first-order chi connectivity index (χ1) is 17.0. The van der Waals surface area contributed by atoms with Gasteiger partial charge in [-0.25, -0.2) is 0 Å². The SMILES string of the molecule is OCc1cc(C(O)CNCCc2cccc(COCCOCc3c(Cl)cccc3Cl)c2)ccc1O. The van der Waals surface area contributed by atoms with Crippen molar-refractivity contribution in [3.63, 3.8) is 0 Å². The van der Waals surface area contributed by atoms with Gasteiger partial charge < -0.3 is 30.1 Å². The van der Waals surface area contributed by atoms with E-state index in [0.29, 0.717) is 60.7 Å². The molecular weight excluding hydrogens is 489 g/mol. The second-order valence-corrected chi connectivity index (χ2v) is 8.96. The molecule has 0 saturated carbocycles. The minimum atomic E-state index is -0.725. The topological polar surface area (TPSA) is 91.2 Å². The van der Waals surface area contributed by atoms with E-state index in [9.17, 15) is 15.3 Å². The van der Waals surface area contributed by atoms with E-state index in [1.54, 1.807) is 30.3 Å². The van der Waals surface area contributed by atoms with E-state index in [2.05, 4.69) is 17.4 Å². The maximum atomic E-state index is 10.4. The molecule has 0 saturated heterocycles. The highest BCUT2D eigenvalue weighted by Gasteiger charge is 2.10. The Hall–Kier alpha value is -2.16. The van der Waals surface area contributed by atoms with Crippen LogP contribution in [0.15, 0.2) is 60.7 Å². The maximum absolute atomic E-state index is 10.4. The van der Waals surface area contributed by atoms with E-state index < -0.39 is 6.10 Å². The smallest absolute Gasteiger partial charge is 0.121 e. The molecule has 0 bridgehead atoms. The van der Waals surface area contributed by atoms with Crippen LogP contribution in [0.5, 0.6) is 5.75 Å². The summed E-state index contributed by atoms with van der Waals surface area (Å²) in [5.74, 6) is 0.0230. The van der Waals surface area contributed by atoms with Crippen LogP contribution in [0.3, 0.4) is 0 Å². The third-order valence-electron chi connectivity index (χ3n) is 5.53. The maximum Gasteiger partial charge on any atom is 0.121 e. The van der Waals surface area contributed by atoms with Crippen molar-refractivity contribution >= 4 is 23.2 Å². The number of aromatic hydroxyl groups is 1. The Labute approximate surface area is 216 Å². The predicted molar refractivity (Wildman–Crippen MR) is 138 cm³/mol. The lowest BCUT2D eigenvalue weighted by Crippen LogP contribution is -2.23. The molecule has 0 aliphatic heterocycles. The largest absolute Gasteiger partial charge is 0.508 e. The summed E-state index contributed by atoms with van der Waals surface area (Å²) in [5.41, 5.74) is 4.08. The van der Waals surface area contributed by atoms with Crippen LogP contribution in [0, 0.1) is 0 Å². The van der Waals surface area contributed by atoms with Gasteiger partial charge in [0.25, 0.3) is 0 Å². The predicted octanol–water partition coefficient (Wildman–Crippen LogP) is 4.79. The lowest BCUT2D eigenvalue weighted by atomic mass is 10.0. The molecule has 35 heavy (non-hydrogen) atoms. The molecule has 0 amide bonds. The monoisotopic (exact) mass is 519 g/mol. The fourth-order valence-corrected chi connectivity index (χ4v) is 4.06. The van der Waals surface area contributed by atoms with Gasteiger partial charge in [-0.1, -0.05) is 59.6 Å². The molecule has 3 rings (SSSR count). The quantitative estimate of drug-likeness (QED) is 0.229. The number of ether oxygens (including phenoxy) is 2. The molecule has 3 aromatic carbocycles. The zero-order chi connectivity index (χ0) is 25.0.